The lowest BCUT2D eigenvalue weighted by molar-refractivity contribution is -0.142. The molecule has 5 atom stereocenters. The van der Waals surface area contributed by atoms with Crippen molar-refractivity contribution >= 4 is 44.7 Å². The van der Waals surface area contributed by atoms with Crippen molar-refractivity contribution in [2.45, 2.75) is 140 Å². The first-order valence-electron chi connectivity index (χ1n) is 22.5. The fraction of sp³-hybridized carbons (Fsp3) is 0.609. The number of carboxylic acid groups (broad SMARTS) is 1. The van der Waals surface area contributed by atoms with Crippen molar-refractivity contribution in [1.82, 2.24) is 34.8 Å². The summed E-state index contributed by atoms with van der Waals surface area (Å²) in [5.74, 6) is -0.646. The zero-order valence-electron chi connectivity index (χ0n) is 37.6. The number of carbonyl (C=O) groups is 4. The van der Waals surface area contributed by atoms with Gasteiger partial charge in [0.25, 0.3) is 5.91 Å². The zero-order valence-corrected chi connectivity index (χ0v) is 38.4. The molecule has 0 spiro atoms. The van der Waals surface area contributed by atoms with Gasteiger partial charge in [0.2, 0.25) is 27.7 Å². The van der Waals surface area contributed by atoms with E-state index in [4.69, 9.17) is 19.2 Å². The number of para-hydroxylation sites is 1. The number of amides is 4. The van der Waals surface area contributed by atoms with Gasteiger partial charge < -0.3 is 39.4 Å². The Morgan fingerprint density at radius 3 is 2.50 bits per heavy atom. The zero-order chi connectivity index (χ0) is 46.0. The number of methoxy groups -OCH3 is 1. The molecular formula is C46H63N7O10S. The first kappa shape index (κ1) is 46.6. The Labute approximate surface area is 375 Å². The van der Waals surface area contributed by atoms with Crippen LogP contribution < -0.4 is 29.6 Å². The minimum absolute atomic E-state index is 0.0537. The van der Waals surface area contributed by atoms with E-state index in [9.17, 15) is 32.7 Å². The first-order valence-corrected chi connectivity index (χ1v) is 23.9. The number of fused-ring (bicyclic) bond motifs is 1. The molecule has 4 amide bonds. The van der Waals surface area contributed by atoms with E-state index >= 15 is 0 Å². The molecule has 3 aromatic rings. The molecule has 18 heteroatoms. The average molecular weight is 906 g/mol. The van der Waals surface area contributed by atoms with E-state index in [1.54, 1.807) is 53.4 Å². The summed E-state index contributed by atoms with van der Waals surface area (Å²) in [5, 5.41) is 15.7. The average Bonchev–Trinajstić information content (AvgIpc) is 4.21. The molecule has 0 bridgehead atoms. The van der Waals surface area contributed by atoms with Crippen LogP contribution in [-0.4, -0.2) is 106 Å². The van der Waals surface area contributed by atoms with Gasteiger partial charge in [-0.05, 0) is 68.9 Å². The van der Waals surface area contributed by atoms with Crippen molar-refractivity contribution in [2.24, 2.45) is 17.3 Å². The Bertz CT molecular complexity index is 2340. The number of sulfonamides is 1. The Morgan fingerprint density at radius 1 is 1.11 bits per heavy atom. The summed E-state index contributed by atoms with van der Waals surface area (Å²) in [6, 6.07) is 3.11. The standard InChI is InChI=1S/C46H63N7O10S/c1-7-30-26-46(30,42(56)51-64(59,60)45(5)19-20-45)50-39(54)34-25-31(27-53(34)41(55)38(44(2,3)4)49-43(57)58)63-40-33(14-10-8-9-13-29-17-18-29)37(62-24-12-22-52-23-21-47-28-52)32-15-11-16-35(61-6)36(32)48-40/h7,11,15-16,21,23,28-31,34,38,49H,1,8-10,12-14,17-20,22,24-27H2,2-6H3,(H,50,54)(H,51,56)(H,57,58). The highest BCUT2D eigenvalue weighted by molar-refractivity contribution is 7.91. The number of aromatic nitrogens is 3. The van der Waals surface area contributed by atoms with Crippen LogP contribution in [0.5, 0.6) is 17.4 Å². The monoisotopic (exact) mass is 905 g/mol. The number of hydrogen-bond donors (Lipinski definition) is 4. The minimum atomic E-state index is -4.04. The third-order valence-electron chi connectivity index (χ3n) is 13.2. The summed E-state index contributed by atoms with van der Waals surface area (Å²) in [5.41, 5.74) is -1.29. The van der Waals surface area contributed by atoms with E-state index in [1.807, 2.05) is 22.9 Å². The van der Waals surface area contributed by atoms with Gasteiger partial charge in [0.1, 0.15) is 40.7 Å². The fourth-order valence-electron chi connectivity index (χ4n) is 8.64. The molecule has 64 heavy (non-hydrogen) atoms. The van der Waals surface area contributed by atoms with Crippen LogP contribution in [0.25, 0.3) is 10.9 Å². The molecule has 4 aliphatic rings. The number of likely N-dealkylation sites (tertiary alicyclic amines) is 1. The number of nitrogens with zero attached hydrogens (tertiary/aromatic N) is 4. The van der Waals surface area contributed by atoms with Crippen molar-refractivity contribution in [3.05, 3.63) is 55.1 Å². The third-order valence-corrected chi connectivity index (χ3v) is 15.4. The third kappa shape index (κ3) is 10.3. The number of hydrogen-bond acceptors (Lipinski definition) is 11. The molecule has 2 aromatic heterocycles. The van der Waals surface area contributed by atoms with Crippen molar-refractivity contribution in [2.75, 3.05) is 20.3 Å². The van der Waals surface area contributed by atoms with E-state index < -0.39 is 73.6 Å². The lowest BCUT2D eigenvalue weighted by Gasteiger charge is -2.35. The van der Waals surface area contributed by atoms with Crippen LogP contribution in [-0.2, 0) is 37.4 Å². The summed E-state index contributed by atoms with van der Waals surface area (Å²) in [6.45, 7) is 11.4. The van der Waals surface area contributed by atoms with Crippen LogP contribution in [0.2, 0.25) is 0 Å². The molecule has 7 rings (SSSR count). The van der Waals surface area contributed by atoms with Gasteiger partial charge in [-0.15, -0.1) is 6.58 Å². The highest BCUT2D eigenvalue weighted by atomic mass is 32.2. The van der Waals surface area contributed by atoms with Crippen LogP contribution in [0.1, 0.15) is 104 Å². The van der Waals surface area contributed by atoms with Gasteiger partial charge >= 0.3 is 6.09 Å². The lowest BCUT2D eigenvalue weighted by atomic mass is 9.85. The second-order valence-electron chi connectivity index (χ2n) is 19.2. The predicted octanol–water partition coefficient (Wildman–Crippen LogP) is 5.51. The largest absolute Gasteiger partial charge is 0.494 e. The maximum Gasteiger partial charge on any atom is 0.405 e. The van der Waals surface area contributed by atoms with Gasteiger partial charge in [-0.2, -0.15) is 0 Å². The molecule has 3 aliphatic carbocycles. The Balaban J connectivity index is 1.21. The maximum absolute atomic E-state index is 14.6. The van der Waals surface area contributed by atoms with E-state index in [1.165, 1.54) is 30.2 Å². The van der Waals surface area contributed by atoms with Crippen LogP contribution in [0, 0.1) is 17.3 Å². The van der Waals surface area contributed by atoms with Crippen molar-refractivity contribution in [3.63, 3.8) is 0 Å². The highest BCUT2D eigenvalue weighted by Gasteiger charge is 2.63. The topological polar surface area (TPSA) is 220 Å². The predicted molar refractivity (Wildman–Crippen MR) is 238 cm³/mol. The second kappa shape index (κ2) is 18.6. The highest BCUT2D eigenvalue weighted by Crippen LogP contribution is 2.47. The smallest absolute Gasteiger partial charge is 0.405 e. The van der Waals surface area contributed by atoms with Crippen molar-refractivity contribution in [3.8, 4) is 17.4 Å². The molecule has 4 fully saturated rings. The molecular weight excluding hydrogens is 843 g/mol. The molecule has 1 saturated heterocycles. The molecule has 5 unspecified atom stereocenters. The molecule has 4 N–H and O–H groups in total. The Hall–Kier alpha value is -5.39. The van der Waals surface area contributed by atoms with Gasteiger partial charge in [-0.1, -0.05) is 65.0 Å². The number of imidazole rings is 1. The van der Waals surface area contributed by atoms with Crippen LogP contribution in [0.15, 0.2) is 49.6 Å². The Kier molecular flexibility index (Phi) is 13.5. The lowest BCUT2D eigenvalue weighted by Crippen LogP contribution is -2.60. The number of pyridine rings is 1. The van der Waals surface area contributed by atoms with Gasteiger partial charge in [-0.25, -0.2) is 23.2 Å². The summed E-state index contributed by atoms with van der Waals surface area (Å²) >= 11 is 0. The number of unbranched alkanes of at least 4 members (excludes halogenated alkanes) is 2. The van der Waals surface area contributed by atoms with Crippen LogP contribution in [0.3, 0.4) is 0 Å². The number of nitrogens with one attached hydrogen (secondary N) is 3. The number of ether oxygens (including phenoxy) is 3. The van der Waals surface area contributed by atoms with E-state index in [0.29, 0.717) is 55.9 Å². The molecule has 348 valence electrons. The number of benzene rings is 1. The minimum Gasteiger partial charge on any atom is -0.494 e. The van der Waals surface area contributed by atoms with E-state index in [-0.39, 0.29) is 25.3 Å². The van der Waals surface area contributed by atoms with E-state index in [0.717, 1.165) is 36.1 Å². The normalized spacial score (nSPS) is 22.9. The summed E-state index contributed by atoms with van der Waals surface area (Å²) < 4.78 is 48.7. The van der Waals surface area contributed by atoms with Gasteiger partial charge in [0, 0.05) is 36.7 Å². The molecule has 0 radical (unpaired) electrons. The van der Waals surface area contributed by atoms with Crippen molar-refractivity contribution < 1.29 is 46.9 Å². The van der Waals surface area contributed by atoms with Crippen molar-refractivity contribution in [1.29, 1.82) is 0 Å². The summed E-state index contributed by atoms with van der Waals surface area (Å²) in [4.78, 5) is 65.5. The number of aryl methyl sites for hydroxylation is 1. The number of carbonyl (C=O) groups excluding carboxylic acids is 3. The first-order chi connectivity index (χ1) is 30.4. The number of rotatable bonds is 22. The molecule has 17 nitrogen and oxygen atoms in total. The molecule has 1 aromatic carbocycles. The maximum atomic E-state index is 14.6. The fourth-order valence-corrected chi connectivity index (χ4v) is 9.96. The SMILES string of the molecule is C=CC1CC1(NC(=O)C1CC(Oc2nc3c(OC)cccc3c(OCCCn3ccnc3)c2CCCCCC2CC2)CN1C(=O)C(NC(=O)O)C(C)(C)C)C(=O)NS(=O)(=O)C1(C)CC1. The molecule has 3 heterocycles. The van der Waals surface area contributed by atoms with Crippen LogP contribution in [0.4, 0.5) is 4.79 Å². The van der Waals surface area contributed by atoms with Gasteiger partial charge in [-0.3, -0.25) is 19.1 Å². The van der Waals surface area contributed by atoms with Gasteiger partial charge in [0.05, 0.1) is 36.9 Å². The van der Waals surface area contributed by atoms with Crippen LogP contribution >= 0.6 is 0 Å². The van der Waals surface area contributed by atoms with Gasteiger partial charge in [0.15, 0.2) is 0 Å². The summed E-state index contributed by atoms with van der Waals surface area (Å²) in [7, 11) is -2.49. The summed E-state index contributed by atoms with van der Waals surface area (Å²) in [6.07, 6.45) is 13.5. The second-order valence-corrected chi connectivity index (χ2v) is 21.4. The molecule has 1 aliphatic heterocycles. The quantitative estimate of drug-likeness (QED) is 0.0725. The Morgan fingerprint density at radius 2 is 1.88 bits per heavy atom. The molecule has 3 saturated carbocycles. The van der Waals surface area contributed by atoms with E-state index in [2.05, 4.69) is 26.9 Å².